The fraction of sp³-hybridized carbons (Fsp3) is 0.125. The van der Waals surface area contributed by atoms with Crippen LogP contribution < -0.4 is 0 Å². The molecule has 0 spiro atoms. The third kappa shape index (κ3) is 2.63. The van der Waals surface area contributed by atoms with E-state index in [-0.39, 0.29) is 17.3 Å². The van der Waals surface area contributed by atoms with Crippen LogP contribution in [-0.4, -0.2) is 0 Å². The van der Waals surface area contributed by atoms with Crippen LogP contribution in [0.3, 0.4) is 0 Å². The highest BCUT2D eigenvalue weighted by Crippen LogP contribution is 2.60. The Morgan fingerprint density at radius 2 is 1.12 bits per heavy atom. The molecular weight excluding hydrogens is 384 g/mol. The highest BCUT2D eigenvalue weighted by molar-refractivity contribution is 5.83. The third-order valence-corrected chi connectivity index (χ3v) is 7.39. The number of rotatable bonds is 4. The van der Waals surface area contributed by atoms with E-state index >= 15 is 0 Å². The van der Waals surface area contributed by atoms with Crippen LogP contribution >= 0.6 is 0 Å². The number of aryl methyl sites for hydroxylation is 1. The number of hydrogen-bond acceptors (Lipinski definition) is 0. The minimum absolute atomic E-state index is 0.218. The predicted octanol–water partition coefficient (Wildman–Crippen LogP) is 7.84. The van der Waals surface area contributed by atoms with Crippen molar-refractivity contribution in [2.75, 3.05) is 0 Å². The van der Waals surface area contributed by atoms with Gasteiger partial charge in [-0.25, -0.2) is 0 Å². The van der Waals surface area contributed by atoms with Crippen LogP contribution in [0.15, 0.2) is 127 Å². The van der Waals surface area contributed by atoms with Crippen LogP contribution in [0.25, 0.3) is 11.1 Å². The molecule has 0 aromatic heterocycles. The normalized spacial score (nSPS) is 16.8. The van der Waals surface area contributed by atoms with Gasteiger partial charge < -0.3 is 0 Å². The lowest BCUT2D eigenvalue weighted by molar-refractivity contribution is 0.395. The van der Waals surface area contributed by atoms with Gasteiger partial charge in [0.25, 0.3) is 0 Å². The first-order chi connectivity index (χ1) is 15.8. The highest BCUT2D eigenvalue weighted by Gasteiger charge is 2.51. The number of hydrogen-bond donors (Lipinski definition) is 0. The molecule has 0 saturated heterocycles. The Kier molecular flexibility index (Phi) is 4.47. The van der Waals surface area contributed by atoms with Crippen molar-refractivity contribution in [3.8, 4) is 11.1 Å². The predicted molar refractivity (Wildman–Crippen MR) is 134 cm³/mol. The minimum Gasteiger partial charge on any atom is -0.0764 e. The SMILES string of the molecule is Cc1cccc2c1-c1ccccc1C2C(c1ccccc1)(c1ccccc1)C1C=CC=C1. The Hall–Kier alpha value is -3.64. The van der Waals surface area contributed by atoms with Crippen molar-refractivity contribution >= 4 is 0 Å². The van der Waals surface area contributed by atoms with Gasteiger partial charge in [-0.2, -0.15) is 0 Å². The lowest BCUT2D eigenvalue weighted by atomic mass is 9.56. The number of benzene rings is 4. The monoisotopic (exact) mass is 410 g/mol. The van der Waals surface area contributed by atoms with E-state index in [0.29, 0.717) is 0 Å². The molecule has 0 nitrogen and oxygen atoms in total. The molecule has 1 atom stereocenters. The van der Waals surface area contributed by atoms with Gasteiger partial charge in [0, 0.05) is 17.3 Å². The molecule has 0 heteroatoms. The van der Waals surface area contributed by atoms with Crippen molar-refractivity contribution in [2.24, 2.45) is 5.92 Å². The van der Waals surface area contributed by atoms with Crippen molar-refractivity contribution in [1.82, 2.24) is 0 Å². The van der Waals surface area contributed by atoms with E-state index in [1.165, 1.54) is 38.9 Å². The molecule has 0 saturated carbocycles. The largest absolute Gasteiger partial charge is 0.0764 e. The fourth-order valence-electron chi connectivity index (χ4n) is 6.17. The zero-order chi connectivity index (χ0) is 21.5. The molecule has 32 heavy (non-hydrogen) atoms. The molecule has 0 radical (unpaired) electrons. The molecule has 154 valence electrons. The van der Waals surface area contributed by atoms with Crippen LogP contribution in [0.2, 0.25) is 0 Å². The van der Waals surface area contributed by atoms with Crippen molar-refractivity contribution < 1.29 is 0 Å². The minimum atomic E-state index is -0.249. The molecular formula is C32H26. The maximum atomic E-state index is 2.39. The molecule has 0 bridgehead atoms. The van der Waals surface area contributed by atoms with Gasteiger partial charge in [-0.3, -0.25) is 0 Å². The zero-order valence-corrected chi connectivity index (χ0v) is 18.3. The van der Waals surface area contributed by atoms with Gasteiger partial charge in [-0.1, -0.05) is 127 Å². The van der Waals surface area contributed by atoms with Crippen LogP contribution in [0.1, 0.15) is 33.7 Å². The van der Waals surface area contributed by atoms with Crippen molar-refractivity contribution in [3.63, 3.8) is 0 Å². The lowest BCUT2D eigenvalue weighted by Crippen LogP contribution is -2.40. The summed E-state index contributed by atoms with van der Waals surface area (Å²) in [6, 6.07) is 38.2. The standard InChI is InChI=1S/C32H26/c1-23-13-12-22-29-30(23)27-20-10-11-21-28(27)31(29)32(26-18-8-9-19-26,24-14-4-2-5-15-24)25-16-6-3-7-17-25/h2-22,26,31H,1H3. The Morgan fingerprint density at radius 1 is 0.562 bits per heavy atom. The van der Waals surface area contributed by atoms with Crippen LogP contribution in [-0.2, 0) is 5.41 Å². The Labute approximate surface area is 190 Å². The van der Waals surface area contributed by atoms with E-state index in [1.807, 2.05) is 0 Å². The van der Waals surface area contributed by atoms with E-state index in [4.69, 9.17) is 0 Å². The highest BCUT2D eigenvalue weighted by atomic mass is 14.5. The fourth-order valence-corrected chi connectivity index (χ4v) is 6.17. The quantitative estimate of drug-likeness (QED) is 0.321. The number of allylic oxidation sites excluding steroid dienone is 4. The molecule has 4 aromatic rings. The summed E-state index contributed by atoms with van der Waals surface area (Å²) in [6.45, 7) is 2.25. The van der Waals surface area contributed by atoms with Gasteiger partial charge in [0.05, 0.1) is 0 Å². The van der Waals surface area contributed by atoms with Gasteiger partial charge >= 0.3 is 0 Å². The topological polar surface area (TPSA) is 0 Å². The third-order valence-electron chi connectivity index (χ3n) is 7.39. The van der Waals surface area contributed by atoms with Crippen molar-refractivity contribution in [2.45, 2.75) is 18.3 Å². The summed E-state index contributed by atoms with van der Waals surface area (Å²) in [4.78, 5) is 0. The summed E-state index contributed by atoms with van der Waals surface area (Å²) >= 11 is 0. The first-order valence-corrected chi connectivity index (χ1v) is 11.5. The maximum absolute atomic E-state index is 2.39. The molecule has 0 fully saturated rings. The van der Waals surface area contributed by atoms with E-state index in [0.717, 1.165) is 0 Å². The first-order valence-electron chi connectivity index (χ1n) is 11.5. The number of fused-ring (bicyclic) bond motifs is 3. The van der Waals surface area contributed by atoms with E-state index in [1.54, 1.807) is 0 Å². The van der Waals surface area contributed by atoms with Gasteiger partial charge in [-0.15, -0.1) is 0 Å². The average molecular weight is 411 g/mol. The van der Waals surface area contributed by atoms with Gasteiger partial charge in [0.1, 0.15) is 0 Å². The van der Waals surface area contributed by atoms with E-state index in [2.05, 4.69) is 134 Å². The second kappa shape index (κ2) is 7.50. The molecule has 2 aliphatic rings. The molecule has 0 heterocycles. The summed E-state index contributed by atoms with van der Waals surface area (Å²) < 4.78 is 0. The van der Waals surface area contributed by atoms with Crippen LogP contribution in [0.4, 0.5) is 0 Å². The Balaban J connectivity index is 1.77. The maximum Gasteiger partial charge on any atom is 0.0409 e. The molecule has 0 aliphatic heterocycles. The summed E-state index contributed by atoms with van der Waals surface area (Å²) in [6.07, 6.45) is 9.19. The van der Waals surface area contributed by atoms with Crippen molar-refractivity contribution in [3.05, 3.63) is 155 Å². The Morgan fingerprint density at radius 3 is 1.78 bits per heavy atom. The summed E-state index contributed by atoms with van der Waals surface area (Å²) in [5.41, 5.74) is 9.49. The lowest BCUT2D eigenvalue weighted by Gasteiger charge is -2.45. The molecule has 0 amide bonds. The van der Waals surface area contributed by atoms with Crippen LogP contribution in [0.5, 0.6) is 0 Å². The first kappa shape index (κ1) is 19.1. The zero-order valence-electron chi connectivity index (χ0n) is 18.3. The van der Waals surface area contributed by atoms with Crippen LogP contribution in [0, 0.1) is 12.8 Å². The smallest absolute Gasteiger partial charge is 0.0409 e. The molecule has 6 rings (SSSR count). The van der Waals surface area contributed by atoms with E-state index in [9.17, 15) is 0 Å². The molecule has 1 unspecified atom stereocenters. The van der Waals surface area contributed by atoms with Gasteiger partial charge in [0.2, 0.25) is 0 Å². The second-order valence-electron chi connectivity index (χ2n) is 8.96. The summed E-state index contributed by atoms with van der Waals surface area (Å²) in [7, 11) is 0. The second-order valence-corrected chi connectivity index (χ2v) is 8.96. The summed E-state index contributed by atoms with van der Waals surface area (Å²) in [5, 5.41) is 0. The molecule has 4 aromatic carbocycles. The van der Waals surface area contributed by atoms with Gasteiger partial charge in [-0.05, 0) is 45.9 Å². The molecule has 0 N–H and O–H groups in total. The average Bonchev–Trinajstić information content (AvgIpc) is 3.50. The van der Waals surface area contributed by atoms with Gasteiger partial charge in [0.15, 0.2) is 0 Å². The summed E-state index contributed by atoms with van der Waals surface area (Å²) in [5.74, 6) is 0.479. The Bertz CT molecular complexity index is 1270. The molecule has 2 aliphatic carbocycles. The van der Waals surface area contributed by atoms with E-state index < -0.39 is 0 Å². The van der Waals surface area contributed by atoms with Crippen molar-refractivity contribution in [1.29, 1.82) is 0 Å².